The normalized spacial score (nSPS) is 20.6. The summed E-state index contributed by atoms with van der Waals surface area (Å²) in [5.74, 6) is -1.16. The summed E-state index contributed by atoms with van der Waals surface area (Å²) in [7, 11) is 1.47. The van der Waals surface area contributed by atoms with Gasteiger partial charge in [-0.3, -0.25) is 9.59 Å². The molecule has 0 unspecified atom stereocenters. The van der Waals surface area contributed by atoms with E-state index in [1.807, 2.05) is 0 Å². The molecular weight excluding hydrogens is 323 g/mol. The van der Waals surface area contributed by atoms with E-state index in [0.29, 0.717) is 0 Å². The van der Waals surface area contributed by atoms with Crippen molar-refractivity contribution in [2.75, 3.05) is 25.5 Å². The summed E-state index contributed by atoms with van der Waals surface area (Å²) in [6, 6.07) is 4.26. The number of likely N-dealkylation sites (tertiary alicyclic amines) is 1. The molecule has 1 heterocycles. The molecule has 8 heteroatoms. The maximum atomic E-state index is 12.8. The van der Waals surface area contributed by atoms with Crippen LogP contribution in [0.2, 0.25) is 0 Å². The number of benzene rings is 1. The highest BCUT2D eigenvalue weighted by molar-refractivity contribution is 5.89. The maximum absolute atomic E-state index is 12.8. The van der Waals surface area contributed by atoms with Crippen molar-refractivity contribution in [3.8, 4) is 0 Å². The molecule has 1 saturated heterocycles. The highest BCUT2D eigenvalue weighted by atomic mass is 19.4. The number of anilines is 1. The SMILES string of the molecule is C=CC(=O)N1C[C@@H](Nc2cccc(C(F)(F)F)c2)[C@H](C(=O)NC)C1. The van der Waals surface area contributed by atoms with Crippen LogP contribution >= 0.6 is 0 Å². The first-order valence-electron chi connectivity index (χ1n) is 7.33. The number of carbonyl (C=O) groups excluding carboxylic acids is 2. The minimum atomic E-state index is -4.45. The molecule has 2 atom stereocenters. The molecule has 0 radical (unpaired) electrons. The molecule has 0 bridgehead atoms. The minimum Gasteiger partial charge on any atom is -0.380 e. The summed E-state index contributed by atoms with van der Waals surface area (Å²) < 4.78 is 38.4. The highest BCUT2D eigenvalue weighted by Crippen LogP contribution is 2.31. The van der Waals surface area contributed by atoms with Crippen LogP contribution in [0.5, 0.6) is 0 Å². The molecule has 1 aliphatic rings. The van der Waals surface area contributed by atoms with Crippen LogP contribution in [-0.2, 0) is 15.8 Å². The zero-order valence-electron chi connectivity index (χ0n) is 13.1. The van der Waals surface area contributed by atoms with Crippen molar-refractivity contribution in [1.29, 1.82) is 0 Å². The summed E-state index contributed by atoms with van der Waals surface area (Å²) in [6.45, 7) is 3.79. The quantitative estimate of drug-likeness (QED) is 0.822. The Morgan fingerprint density at radius 1 is 1.33 bits per heavy atom. The fraction of sp³-hybridized carbons (Fsp3) is 0.375. The first-order chi connectivity index (χ1) is 11.3. The van der Waals surface area contributed by atoms with Crippen molar-refractivity contribution < 1.29 is 22.8 Å². The van der Waals surface area contributed by atoms with Gasteiger partial charge >= 0.3 is 6.18 Å². The number of carbonyl (C=O) groups is 2. The average Bonchev–Trinajstić information content (AvgIpc) is 2.96. The lowest BCUT2D eigenvalue weighted by molar-refractivity contribution is -0.137. The largest absolute Gasteiger partial charge is 0.416 e. The van der Waals surface area contributed by atoms with Crippen molar-refractivity contribution in [2.24, 2.45) is 5.92 Å². The Kier molecular flexibility index (Phi) is 5.16. The maximum Gasteiger partial charge on any atom is 0.416 e. The number of alkyl halides is 3. The molecule has 2 rings (SSSR count). The molecule has 2 amide bonds. The Morgan fingerprint density at radius 3 is 2.62 bits per heavy atom. The van der Waals surface area contributed by atoms with Gasteiger partial charge in [-0.05, 0) is 24.3 Å². The lowest BCUT2D eigenvalue weighted by Gasteiger charge is -2.20. The van der Waals surface area contributed by atoms with Crippen LogP contribution in [-0.4, -0.2) is 42.9 Å². The van der Waals surface area contributed by atoms with Crippen LogP contribution in [0.25, 0.3) is 0 Å². The number of amides is 2. The third-order valence-electron chi connectivity index (χ3n) is 3.93. The number of nitrogens with one attached hydrogen (secondary N) is 2. The Labute approximate surface area is 137 Å². The minimum absolute atomic E-state index is 0.182. The first kappa shape index (κ1) is 17.8. The predicted molar refractivity (Wildman–Crippen MR) is 83.2 cm³/mol. The van der Waals surface area contributed by atoms with E-state index in [4.69, 9.17) is 0 Å². The molecule has 1 aromatic carbocycles. The van der Waals surface area contributed by atoms with E-state index in [9.17, 15) is 22.8 Å². The molecule has 1 aliphatic heterocycles. The molecule has 0 saturated carbocycles. The van der Waals surface area contributed by atoms with Crippen molar-refractivity contribution in [2.45, 2.75) is 12.2 Å². The average molecular weight is 341 g/mol. The smallest absolute Gasteiger partial charge is 0.380 e. The highest BCUT2D eigenvalue weighted by Gasteiger charge is 2.39. The number of nitrogens with zero attached hydrogens (tertiary/aromatic N) is 1. The third-order valence-corrected chi connectivity index (χ3v) is 3.93. The molecule has 1 aromatic rings. The molecule has 24 heavy (non-hydrogen) atoms. The standard InChI is InChI=1S/C16H18F3N3O2/c1-3-14(23)22-8-12(15(24)20-2)13(9-22)21-11-6-4-5-10(7-11)16(17,18)19/h3-7,12-13,21H,1,8-9H2,2H3,(H,20,24)/t12-,13-/m1/s1. The summed E-state index contributed by atoms with van der Waals surface area (Å²) in [5, 5.41) is 5.45. The van der Waals surface area contributed by atoms with Gasteiger partial charge in [-0.1, -0.05) is 12.6 Å². The van der Waals surface area contributed by atoms with E-state index >= 15 is 0 Å². The predicted octanol–water partition coefficient (Wildman–Crippen LogP) is 1.88. The Balaban J connectivity index is 2.21. The van der Waals surface area contributed by atoms with Gasteiger partial charge in [0.15, 0.2) is 0 Å². The van der Waals surface area contributed by atoms with Crippen LogP contribution < -0.4 is 10.6 Å². The summed E-state index contributed by atoms with van der Waals surface area (Å²) >= 11 is 0. The Bertz CT molecular complexity index is 646. The van der Waals surface area contributed by atoms with Gasteiger partial charge in [0.1, 0.15) is 0 Å². The number of hydrogen-bond acceptors (Lipinski definition) is 3. The molecule has 130 valence electrons. The second-order valence-corrected chi connectivity index (χ2v) is 5.50. The van der Waals surface area contributed by atoms with Crippen LogP contribution in [0.15, 0.2) is 36.9 Å². The second-order valence-electron chi connectivity index (χ2n) is 5.50. The molecule has 0 aliphatic carbocycles. The van der Waals surface area contributed by atoms with Crippen LogP contribution in [0.3, 0.4) is 0 Å². The van der Waals surface area contributed by atoms with E-state index in [1.54, 1.807) is 0 Å². The Morgan fingerprint density at radius 2 is 2.04 bits per heavy atom. The van der Waals surface area contributed by atoms with E-state index in [-0.39, 0.29) is 30.6 Å². The van der Waals surface area contributed by atoms with Crippen LogP contribution in [0, 0.1) is 5.92 Å². The van der Waals surface area contributed by atoms with Gasteiger partial charge in [-0.15, -0.1) is 0 Å². The van der Waals surface area contributed by atoms with Gasteiger partial charge in [0, 0.05) is 25.8 Å². The van der Waals surface area contributed by atoms with Gasteiger partial charge in [-0.25, -0.2) is 0 Å². The second kappa shape index (κ2) is 6.94. The number of rotatable bonds is 4. The number of halogens is 3. The number of hydrogen-bond donors (Lipinski definition) is 2. The summed E-state index contributed by atoms with van der Waals surface area (Å²) in [6.07, 6.45) is -3.30. The van der Waals surface area contributed by atoms with E-state index in [1.165, 1.54) is 24.1 Å². The lowest BCUT2D eigenvalue weighted by Crippen LogP contribution is -2.38. The molecule has 0 spiro atoms. The summed E-state index contributed by atoms with van der Waals surface area (Å²) in [5.41, 5.74) is -0.530. The fourth-order valence-electron chi connectivity index (χ4n) is 2.71. The van der Waals surface area contributed by atoms with Crippen LogP contribution in [0.4, 0.5) is 18.9 Å². The van der Waals surface area contributed by atoms with Gasteiger partial charge in [0.05, 0.1) is 17.5 Å². The van der Waals surface area contributed by atoms with Gasteiger partial charge in [0.2, 0.25) is 11.8 Å². The zero-order chi connectivity index (χ0) is 17.9. The van der Waals surface area contributed by atoms with Gasteiger partial charge < -0.3 is 15.5 Å². The monoisotopic (exact) mass is 341 g/mol. The molecule has 2 N–H and O–H groups in total. The van der Waals surface area contributed by atoms with Crippen molar-refractivity contribution in [3.63, 3.8) is 0 Å². The van der Waals surface area contributed by atoms with Gasteiger partial charge in [0.25, 0.3) is 0 Å². The molecule has 5 nitrogen and oxygen atoms in total. The molecule has 0 aromatic heterocycles. The van der Waals surface area contributed by atoms with Crippen LogP contribution in [0.1, 0.15) is 5.56 Å². The van der Waals surface area contributed by atoms with E-state index < -0.39 is 23.7 Å². The lowest BCUT2D eigenvalue weighted by atomic mass is 10.0. The topological polar surface area (TPSA) is 61.4 Å². The molecular formula is C16H18F3N3O2. The third kappa shape index (κ3) is 3.87. The van der Waals surface area contributed by atoms with Gasteiger partial charge in [-0.2, -0.15) is 13.2 Å². The summed E-state index contributed by atoms with van der Waals surface area (Å²) in [4.78, 5) is 25.2. The fourth-order valence-corrected chi connectivity index (χ4v) is 2.71. The molecule has 1 fully saturated rings. The first-order valence-corrected chi connectivity index (χ1v) is 7.33. The van der Waals surface area contributed by atoms with Crippen molar-refractivity contribution in [1.82, 2.24) is 10.2 Å². The Hall–Kier alpha value is -2.51. The van der Waals surface area contributed by atoms with E-state index in [2.05, 4.69) is 17.2 Å². The van der Waals surface area contributed by atoms with Crippen molar-refractivity contribution in [3.05, 3.63) is 42.5 Å². The van der Waals surface area contributed by atoms with E-state index in [0.717, 1.165) is 18.2 Å². The van der Waals surface area contributed by atoms with Crippen molar-refractivity contribution >= 4 is 17.5 Å². The zero-order valence-corrected chi connectivity index (χ0v) is 13.1.